The summed E-state index contributed by atoms with van der Waals surface area (Å²) in [5.41, 5.74) is 3.25. The van der Waals surface area contributed by atoms with Crippen molar-refractivity contribution in [2.24, 2.45) is 5.92 Å². The van der Waals surface area contributed by atoms with Crippen molar-refractivity contribution in [1.82, 2.24) is 4.90 Å². The summed E-state index contributed by atoms with van der Waals surface area (Å²) in [6.45, 7) is 12.3. The number of benzene rings is 1. The summed E-state index contributed by atoms with van der Waals surface area (Å²) in [5.74, 6) is 3.34. The van der Waals surface area contributed by atoms with E-state index in [1.54, 1.807) is 0 Å². The van der Waals surface area contributed by atoms with Gasteiger partial charge in [0.25, 0.3) is 0 Å². The van der Waals surface area contributed by atoms with Gasteiger partial charge < -0.3 is 14.4 Å². The molecule has 0 bridgehead atoms. The monoisotopic (exact) mass is 527 g/mol. The molecule has 1 aromatic rings. The maximum atomic E-state index is 13.0. The van der Waals surface area contributed by atoms with Gasteiger partial charge in [0, 0.05) is 11.3 Å². The molecule has 1 aromatic carbocycles. The minimum atomic E-state index is -0.338. The van der Waals surface area contributed by atoms with Crippen LogP contribution in [0.5, 0.6) is 11.5 Å². The number of thioether (sulfide) groups is 1. The standard InChI is InChI=1S/C32H49NO3S/c1-5-6-8-13-24(2)16-17-25-22-27(35-29(34)15-11-20-33-18-9-7-10-19-33)30-26-14-12-21-37-31(26)32(3,4)36-28(30)23-25/h22-24H,5-21H2,1-4H3. The van der Waals surface area contributed by atoms with Crippen LogP contribution in [0.25, 0.3) is 5.57 Å². The molecule has 0 aliphatic carbocycles. The first-order valence-electron chi connectivity index (χ1n) is 15.0. The number of allylic oxidation sites excluding steroid dienone is 1. The quantitative estimate of drug-likeness (QED) is 0.155. The fourth-order valence-corrected chi connectivity index (χ4v) is 7.33. The van der Waals surface area contributed by atoms with Crippen molar-refractivity contribution in [3.63, 3.8) is 0 Å². The van der Waals surface area contributed by atoms with E-state index in [0.717, 1.165) is 61.5 Å². The third kappa shape index (κ3) is 7.79. The zero-order valence-electron chi connectivity index (χ0n) is 23.8. The Hall–Kier alpha value is -1.46. The van der Waals surface area contributed by atoms with Gasteiger partial charge in [-0.1, -0.05) is 46.0 Å². The van der Waals surface area contributed by atoms with Crippen LogP contribution in [0.1, 0.15) is 116 Å². The van der Waals surface area contributed by atoms with Crippen molar-refractivity contribution in [3.8, 4) is 11.5 Å². The van der Waals surface area contributed by atoms with Gasteiger partial charge in [0.1, 0.15) is 17.1 Å². The summed E-state index contributed by atoms with van der Waals surface area (Å²) in [4.78, 5) is 16.9. The maximum Gasteiger partial charge on any atom is 0.311 e. The largest absolute Gasteiger partial charge is 0.482 e. The van der Waals surface area contributed by atoms with E-state index in [0.29, 0.717) is 12.3 Å². The molecule has 0 aromatic heterocycles. The SMILES string of the molecule is CCCCCC(C)CCc1cc(OC(=O)CCCN2CCCCC2)c2c(c1)OC(C)(C)C1=C2CCCS1. The summed E-state index contributed by atoms with van der Waals surface area (Å²) in [6, 6.07) is 4.37. The molecule has 0 spiro atoms. The molecule has 5 heteroatoms. The minimum Gasteiger partial charge on any atom is -0.482 e. The van der Waals surface area contributed by atoms with Gasteiger partial charge in [-0.15, -0.1) is 11.8 Å². The molecule has 1 atom stereocenters. The molecule has 0 radical (unpaired) electrons. The van der Waals surface area contributed by atoms with Crippen molar-refractivity contribution in [2.45, 2.75) is 117 Å². The maximum absolute atomic E-state index is 13.0. The fourth-order valence-electron chi connectivity index (χ4n) is 6.07. The lowest BCUT2D eigenvalue weighted by molar-refractivity contribution is -0.134. The number of hydrogen-bond acceptors (Lipinski definition) is 5. The molecule has 3 heterocycles. The van der Waals surface area contributed by atoms with E-state index in [1.165, 1.54) is 74.1 Å². The molecule has 206 valence electrons. The van der Waals surface area contributed by atoms with Crippen molar-refractivity contribution < 1.29 is 14.3 Å². The fraction of sp³-hybridized carbons (Fsp3) is 0.719. The molecule has 0 N–H and O–H groups in total. The molecule has 1 saturated heterocycles. The molecule has 0 amide bonds. The van der Waals surface area contributed by atoms with Gasteiger partial charge in [0.15, 0.2) is 0 Å². The van der Waals surface area contributed by atoms with E-state index in [-0.39, 0.29) is 11.6 Å². The summed E-state index contributed by atoms with van der Waals surface area (Å²) < 4.78 is 12.8. The predicted octanol–water partition coefficient (Wildman–Crippen LogP) is 8.42. The van der Waals surface area contributed by atoms with Crippen LogP contribution >= 0.6 is 11.8 Å². The third-order valence-corrected chi connectivity index (χ3v) is 9.70. The van der Waals surface area contributed by atoms with E-state index < -0.39 is 0 Å². The van der Waals surface area contributed by atoms with Gasteiger partial charge >= 0.3 is 5.97 Å². The topological polar surface area (TPSA) is 38.8 Å². The summed E-state index contributed by atoms with van der Waals surface area (Å²) in [5, 5.41) is 0. The Labute approximate surface area is 229 Å². The van der Waals surface area contributed by atoms with Crippen LogP contribution in [0, 0.1) is 5.92 Å². The highest BCUT2D eigenvalue weighted by atomic mass is 32.2. The molecular formula is C32H49NO3S. The number of carbonyl (C=O) groups is 1. The van der Waals surface area contributed by atoms with E-state index >= 15 is 0 Å². The second-order valence-electron chi connectivity index (χ2n) is 12.0. The Bertz CT molecular complexity index is 948. The molecule has 0 saturated carbocycles. The highest BCUT2D eigenvalue weighted by molar-refractivity contribution is 8.03. The average Bonchev–Trinajstić information content (AvgIpc) is 2.88. The van der Waals surface area contributed by atoms with Crippen LogP contribution in [0.3, 0.4) is 0 Å². The number of piperidine rings is 1. The van der Waals surface area contributed by atoms with Crippen LogP contribution in [0.4, 0.5) is 0 Å². The molecule has 1 fully saturated rings. The van der Waals surface area contributed by atoms with Gasteiger partial charge in [0.05, 0.1) is 5.56 Å². The highest BCUT2D eigenvalue weighted by Crippen LogP contribution is 2.53. The number of likely N-dealkylation sites (tertiary alicyclic amines) is 1. The van der Waals surface area contributed by atoms with Crippen LogP contribution in [0.15, 0.2) is 17.0 Å². The Morgan fingerprint density at radius 1 is 1.11 bits per heavy atom. The van der Waals surface area contributed by atoms with Crippen molar-refractivity contribution >= 4 is 23.3 Å². The number of hydrogen-bond donors (Lipinski definition) is 0. The molecule has 37 heavy (non-hydrogen) atoms. The van der Waals surface area contributed by atoms with Crippen LogP contribution < -0.4 is 9.47 Å². The van der Waals surface area contributed by atoms with Gasteiger partial charge in [-0.25, -0.2) is 0 Å². The molecule has 4 rings (SSSR count). The van der Waals surface area contributed by atoms with Gasteiger partial charge in [-0.05, 0) is 113 Å². The molecule has 3 aliphatic heterocycles. The van der Waals surface area contributed by atoms with E-state index in [1.807, 2.05) is 11.8 Å². The Balaban J connectivity index is 1.50. The average molecular weight is 528 g/mol. The van der Waals surface area contributed by atoms with Gasteiger partial charge in [-0.3, -0.25) is 4.79 Å². The number of esters is 1. The molecular weight excluding hydrogens is 478 g/mol. The first-order valence-corrected chi connectivity index (χ1v) is 16.0. The number of ether oxygens (including phenoxy) is 2. The number of carbonyl (C=O) groups excluding carboxylic acids is 1. The van der Waals surface area contributed by atoms with Crippen LogP contribution in [0.2, 0.25) is 0 Å². The van der Waals surface area contributed by atoms with Crippen LogP contribution in [-0.4, -0.2) is 41.9 Å². The Morgan fingerprint density at radius 2 is 1.92 bits per heavy atom. The zero-order chi connectivity index (χ0) is 26.3. The Morgan fingerprint density at radius 3 is 2.70 bits per heavy atom. The lowest BCUT2D eigenvalue weighted by Gasteiger charge is -2.39. The van der Waals surface area contributed by atoms with Gasteiger partial charge in [0.2, 0.25) is 0 Å². The number of aryl methyl sites for hydroxylation is 1. The number of rotatable bonds is 12. The third-order valence-electron chi connectivity index (χ3n) is 8.19. The predicted molar refractivity (Wildman–Crippen MR) is 157 cm³/mol. The smallest absolute Gasteiger partial charge is 0.311 e. The second kappa shape index (κ2) is 13.6. The number of nitrogens with zero attached hydrogens (tertiary/aromatic N) is 1. The Kier molecular flexibility index (Phi) is 10.5. The summed E-state index contributed by atoms with van der Waals surface area (Å²) >= 11 is 1.91. The van der Waals surface area contributed by atoms with Crippen molar-refractivity contribution in [2.75, 3.05) is 25.4 Å². The first kappa shape index (κ1) is 28.5. The normalized spacial score (nSPS) is 20.1. The van der Waals surface area contributed by atoms with E-state index in [9.17, 15) is 4.79 Å². The first-order chi connectivity index (χ1) is 17.9. The summed E-state index contributed by atoms with van der Waals surface area (Å²) in [7, 11) is 0. The minimum absolute atomic E-state index is 0.111. The van der Waals surface area contributed by atoms with Crippen molar-refractivity contribution in [1.29, 1.82) is 0 Å². The lowest BCUT2D eigenvalue weighted by Crippen LogP contribution is -2.35. The highest BCUT2D eigenvalue weighted by Gasteiger charge is 2.38. The lowest BCUT2D eigenvalue weighted by atomic mass is 9.88. The number of unbranched alkanes of at least 4 members (excludes halogenated alkanes) is 2. The molecule has 3 aliphatic rings. The molecule has 1 unspecified atom stereocenters. The van der Waals surface area contributed by atoms with E-state index in [4.69, 9.17) is 9.47 Å². The van der Waals surface area contributed by atoms with E-state index in [2.05, 4.69) is 44.7 Å². The molecule has 4 nitrogen and oxygen atoms in total. The van der Waals surface area contributed by atoms with Gasteiger partial charge in [-0.2, -0.15) is 0 Å². The number of fused-ring (bicyclic) bond motifs is 2. The van der Waals surface area contributed by atoms with Crippen LogP contribution in [-0.2, 0) is 11.2 Å². The zero-order valence-corrected chi connectivity index (χ0v) is 24.6. The summed E-state index contributed by atoms with van der Waals surface area (Å²) in [6.07, 6.45) is 14.7. The second-order valence-corrected chi connectivity index (χ2v) is 13.1. The van der Waals surface area contributed by atoms with Crippen molar-refractivity contribution in [3.05, 3.63) is 28.2 Å².